The van der Waals surface area contributed by atoms with Crippen LogP contribution in [0.1, 0.15) is 6.42 Å². The molecule has 0 heterocycles. The van der Waals surface area contributed by atoms with Crippen molar-refractivity contribution in [1.29, 1.82) is 0 Å². The average Bonchev–Trinajstić information content (AvgIpc) is 1.89. The molecule has 1 nitrogen and oxygen atoms in total. The zero-order chi connectivity index (χ0) is 6.95. The van der Waals surface area contributed by atoms with E-state index in [2.05, 4.69) is 6.58 Å². The molecule has 0 aliphatic rings. The van der Waals surface area contributed by atoms with Crippen LogP contribution in [0.2, 0.25) is 0 Å². The van der Waals surface area contributed by atoms with Crippen LogP contribution in [0, 0.1) is 0 Å². The first-order valence-electron chi connectivity index (χ1n) is 2.70. The molecule has 0 saturated carbocycles. The number of carbonyl (C=O) groups is 1. The van der Waals surface area contributed by atoms with Crippen molar-refractivity contribution in [2.45, 2.75) is 6.42 Å². The molecule has 0 atom stereocenters. The summed E-state index contributed by atoms with van der Waals surface area (Å²) < 4.78 is 0. The van der Waals surface area contributed by atoms with Crippen LogP contribution >= 0.6 is 21.6 Å². The van der Waals surface area contributed by atoms with Crippen molar-refractivity contribution >= 4 is 27.9 Å². The second kappa shape index (κ2) is 8.11. The van der Waals surface area contributed by atoms with Crippen molar-refractivity contribution in [2.75, 3.05) is 11.5 Å². The summed E-state index contributed by atoms with van der Waals surface area (Å²) in [6, 6.07) is 0. The summed E-state index contributed by atoms with van der Waals surface area (Å²) in [5.41, 5.74) is 0. The predicted molar refractivity (Wildman–Crippen MR) is 45.8 cm³/mol. The van der Waals surface area contributed by atoms with Crippen molar-refractivity contribution in [3.63, 3.8) is 0 Å². The Bertz CT molecular complexity index is 73.1. The minimum Gasteiger partial charge on any atom is -0.303 e. The zero-order valence-electron chi connectivity index (χ0n) is 5.21. The Morgan fingerprint density at radius 2 is 2.22 bits per heavy atom. The zero-order valence-corrected chi connectivity index (χ0v) is 6.84. The van der Waals surface area contributed by atoms with Gasteiger partial charge in [-0.1, -0.05) is 27.7 Å². The lowest BCUT2D eigenvalue weighted by Crippen LogP contribution is -1.76. The van der Waals surface area contributed by atoms with Crippen molar-refractivity contribution < 1.29 is 4.79 Å². The van der Waals surface area contributed by atoms with Gasteiger partial charge in [0.25, 0.3) is 0 Å². The van der Waals surface area contributed by atoms with Crippen molar-refractivity contribution in [3.8, 4) is 0 Å². The van der Waals surface area contributed by atoms with E-state index in [1.54, 1.807) is 21.6 Å². The second-order valence-corrected chi connectivity index (χ2v) is 3.98. The number of aldehydes is 1. The minimum absolute atomic E-state index is 0.662. The van der Waals surface area contributed by atoms with Gasteiger partial charge >= 0.3 is 0 Å². The topological polar surface area (TPSA) is 17.1 Å². The van der Waals surface area contributed by atoms with Crippen molar-refractivity contribution in [2.24, 2.45) is 0 Å². The third-order valence-corrected chi connectivity index (χ3v) is 2.94. The molecule has 0 aromatic carbocycles. The van der Waals surface area contributed by atoms with Gasteiger partial charge in [-0.25, -0.2) is 0 Å². The van der Waals surface area contributed by atoms with Gasteiger partial charge in [-0.15, -0.1) is 6.58 Å². The first kappa shape index (κ1) is 9.11. The highest BCUT2D eigenvalue weighted by Crippen LogP contribution is 2.20. The highest BCUT2D eigenvalue weighted by atomic mass is 33.1. The molecule has 9 heavy (non-hydrogen) atoms. The minimum atomic E-state index is 0.662. The molecule has 0 spiro atoms. The number of hydrogen-bond acceptors (Lipinski definition) is 3. The molecule has 0 aromatic heterocycles. The lowest BCUT2D eigenvalue weighted by Gasteiger charge is -1.91. The molecular formula is C6H10OS2. The van der Waals surface area contributed by atoms with E-state index < -0.39 is 0 Å². The SMILES string of the molecule is C=CCSSCCC=O. The van der Waals surface area contributed by atoms with E-state index in [1.165, 1.54) is 0 Å². The quantitative estimate of drug-likeness (QED) is 0.258. The van der Waals surface area contributed by atoms with Gasteiger partial charge in [0.15, 0.2) is 0 Å². The van der Waals surface area contributed by atoms with Crippen molar-refractivity contribution in [1.82, 2.24) is 0 Å². The summed E-state index contributed by atoms with van der Waals surface area (Å²) in [6.45, 7) is 3.57. The molecule has 0 radical (unpaired) electrons. The molecule has 0 fully saturated rings. The van der Waals surface area contributed by atoms with E-state index in [4.69, 9.17) is 0 Å². The molecule has 52 valence electrons. The number of carbonyl (C=O) groups excluding carboxylic acids is 1. The maximum atomic E-state index is 9.79. The third kappa shape index (κ3) is 8.11. The summed E-state index contributed by atoms with van der Waals surface area (Å²) in [6.07, 6.45) is 3.47. The summed E-state index contributed by atoms with van der Waals surface area (Å²) in [7, 11) is 3.45. The fourth-order valence-electron chi connectivity index (χ4n) is 0.251. The standard InChI is InChI=1S/C6H10OS2/c1-2-5-8-9-6-3-4-7/h2,4H,1,3,5-6H2. The third-order valence-electron chi connectivity index (χ3n) is 0.588. The first-order chi connectivity index (χ1) is 4.41. The summed E-state index contributed by atoms with van der Waals surface area (Å²) in [5.74, 6) is 1.88. The molecule has 0 bridgehead atoms. The Morgan fingerprint density at radius 1 is 1.44 bits per heavy atom. The molecule has 0 aliphatic carbocycles. The normalized spacial score (nSPS) is 8.89. The van der Waals surface area contributed by atoms with Crippen LogP contribution < -0.4 is 0 Å². The second-order valence-electron chi connectivity index (χ2n) is 1.35. The molecule has 0 aromatic rings. The molecule has 0 aliphatic heterocycles. The van der Waals surface area contributed by atoms with Crippen LogP contribution in [0.15, 0.2) is 12.7 Å². The molecule has 0 amide bonds. The van der Waals surface area contributed by atoms with Gasteiger partial charge in [-0.3, -0.25) is 0 Å². The van der Waals surface area contributed by atoms with E-state index in [9.17, 15) is 4.79 Å². The first-order valence-corrected chi connectivity index (χ1v) is 5.19. The van der Waals surface area contributed by atoms with Crippen LogP contribution in [-0.2, 0) is 4.79 Å². The van der Waals surface area contributed by atoms with Gasteiger partial charge in [0.1, 0.15) is 6.29 Å². The monoisotopic (exact) mass is 162 g/mol. The maximum absolute atomic E-state index is 9.79. The molecule has 0 saturated heterocycles. The summed E-state index contributed by atoms with van der Waals surface area (Å²) in [4.78, 5) is 9.79. The Balaban J connectivity index is 2.74. The van der Waals surface area contributed by atoms with E-state index in [0.717, 1.165) is 17.8 Å². The largest absolute Gasteiger partial charge is 0.303 e. The molecule has 0 unspecified atom stereocenters. The maximum Gasteiger partial charge on any atom is 0.120 e. The van der Waals surface area contributed by atoms with Gasteiger partial charge < -0.3 is 4.79 Å². The predicted octanol–water partition coefficient (Wildman–Crippen LogP) is 2.14. The highest BCUT2D eigenvalue weighted by Gasteiger charge is 1.85. The fraction of sp³-hybridized carbons (Fsp3) is 0.500. The smallest absolute Gasteiger partial charge is 0.120 e. The lowest BCUT2D eigenvalue weighted by atomic mass is 10.6. The Morgan fingerprint density at radius 3 is 2.78 bits per heavy atom. The van der Waals surface area contributed by atoms with Gasteiger partial charge in [-0.05, 0) is 0 Å². The average molecular weight is 162 g/mol. The van der Waals surface area contributed by atoms with Gasteiger partial charge in [0, 0.05) is 17.9 Å². The summed E-state index contributed by atoms with van der Waals surface area (Å²) in [5, 5.41) is 0. The van der Waals surface area contributed by atoms with E-state index >= 15 is 0 Å². The summed E-state index contributed by atoms with van der Waals surface area (Å²) >= 11 is 0. The van der Waals surface area contributed by atoms with E-state index in [0.29, 0.717) is 6.42 Å². The fourth-order valence-corrected chi connectivity index (χ4v) is 1.97. The van der Waals surface area contributed by atoms with Crippen LogP contribution in [0.3, 0.4) is 0 Å². The van der Waals surface area contributed by atoms with Crippen LogP contribution in [-0.4, -0.2) is 17.8 Å². The number of rotatable bonds is 6. The van der Waals surface area contributed by atoms with Gasteiger partial charge in [0.05, 0.1) is 0 Å². The molecule has 3 heteroatoms. The molecule has 0 rings (SSSR count). The van der Waals surface area contributed by atoms with E-state index in [-0.39, 0.29) is 0 Å². The Hall–Kier alpha value is 0.110. The Labute approximate surface area is 63.7 Å². The van der Waals surface area contributed by atoms with Crippen molar-refractivity contribution in [3.05, 3.63) is 12.7 Å². The Kier molecular flexibility index (Phi) is 8.21. The van der Waals surface area contributed by atoms with Crippen LogP contribution in [0.4, 0.5) is 0 Å². The lowest BCUT2D eigenvalue weighted by molar-refractivity contribution is -0.107. The molecular weight excluding hydrogens is 152 g/mol. The highest BCUT2D eigenvalue weighted by molar-refractivity contribution is 8.76. The van der Waals surface area contributed by atoms with Gasteiger partial charge in [-0.2, -0.15) is 0 Å². The van der Waals surface area contributed by atoms with Crippen LogP contribution in [0.5, 0.6) is 0 Å². The van der Waals surface area contributed by atoms with E-state index in [1.807, 2.05) is 6.08 Å². The number of hydrogen-bond donors (Lipinski definition) is 0. The van der Waals surface area contributed by atoms with Gasteiger partial charge in [0.2, 0.25) is 0 Å². The molecule has 0 N–H and O–H groups in total. The van der Waals surface area contributed by atoms with Crippen LogP contribution in [0.25, 0.3) is 0 Å².